The lowest BCUT2D eigenvalue weighted by molar-refractivity contribution is 0.0837. The maximum Gasteiger partial charge on any atom is 0.267 e. The number of aliphatic hydroxyl groups is 1. The highest BCUT2D eigenvalue weighted by Crippen LogP contribution is 2.27. The second-order valence-corrected chi connectivity index (χ2v) is 5.45. The van der Waals surface area contributed by atoms with Gasteiger partial charge in [-0.05, 0) is 24.8 Å². The molecule has 0 saturated heterocycles. The van der Waals surface area contributed by atoms with Crippen LogP contribution in [0.2, 0.25) is 10.2 Å². The summed E-state index contributed by atoms with van der Waals surface area (Å²) < 4.78 is 0. The smallest absolute Gasteiger partial charge is 0.267 e. The summed E-state index contributed by atoms with van der Waals surface area (Å²) in [6, 6.07) is 1.47. The third-order valence-corrected chi connectivity index (χ3v) is 4.08. The summed E-state index contributed by atoms with van der Waals surface area (Å²) in [5.74, 6) is 0.00182. The second-order valence-electron chi connectivity index (χ2n) is 4.67. The third-order valence-electron chi connectivity index (χ3n) is 3.39. The maximum atomic E-state index is 11.8. The Labute approximate surface area is 116 Å². The molecule has 1 amide bonds. The first kappa shape index (κ1) is 13.7. The van der Waals surface area contributed by atoms with Gasteiger partial charge < -0.3 is 15.4 Å². The van der Waals surface area contributed by atoms with Crippen LogP contribution in [0.15, 0.2) is 6.07 Å². The van der Waals surface area contributed by atoms with E-state index in [2.05, 4.69) is 10.3 Å². The van der Waals surface area contributed by atoms with Gasteiger partial charge in [-0.15, -0.1) is 0 Å². The van der Waals surface area contributed by atoms with Gasteiger partial charge in [-0.25, -0.2) is 0 Å². The Hall–Kier alpha value is -0.710. The number of hydrogen-bond acceptors (Lipinski definition) is 2. The molecule has 0 aliphatic heterocycles. The molecule has 6 heteroatoms. The average molecular weight is 291 g/mol. The SMILES string of the molecule is O=C(NCC(O)C1CCCC1)c1cc(Cl)c(Cl)[nH]1. The number of halogens is 2. The first-order valence-electron chi connectivity index (χ1n) is 6.08. The highest BCUT2D eigenvalue weighted by molar-refractivity contribution is 6.41. The van der Waals surface area contributed by atoms with E-state index < -0.39 is 6.10 Å². The predicted octanol–water partition coefficient (Wildman–Crippen LogP) is 2.60. The molecule has 1 aliphatic carbocycles. The first-order chi connectivity index (χ1) is 8.58. The van der Waals surface area contributed by atoms with Crippen LogP contribution in [0.1, 0.15) is 36.2 Å². The molecule has 1 fully saturated rings. The Kier molecular flexibility index (Phi) is 4.54. The largest absolute Gasteiger partial charge is 0.391 e. The topological polar surface area (TPSA) is 65.1 Å². The van der Waals surface area contributed by atoms with Crippen LogP contribution in [0, 0.1) is 5.92 Å². The molecule has 0 spiro atoms. The number of carbonyl (C=O) groups excluding carboxylic acids is 1. The zero-order valence-corrected chi connectivity index (χ0v) is 11.4. The lowest BCUT2D eigenvalue weighted by atomic mass is 10.0. The van der Waals surface area contributed by atoms with Crippen LogP contribution in [0.4, 0.5) is 0 Å². The van der Waals surface area contributed by atoms with E-state index >= 15 is 0 Å². The number of H-pyrrole nitrogens is 1. The van der Waals surface area contributed by atoms with E-state index in [1.807, 2.05) is 0 Å². The molecule has 1 atom stereocenters. The van der Waals surface area contributed by atoms with Gasteiger partial charge in [-0.1, -0.05) is 36.0 Å². The van der Waals surface area contributed by atoms with Crippen molar-refractivity contribution >= 4 is 29.1 Å². The van der Waals surface area contributed by atoms with Crippen LogP contribution in [-0.2, 0) is 0 Å². The molecule has 2 rings (SSSR count). The zero-order chi connectivity index (χ0) is 13.1. The number of amides is 1. The predicted molar refractivity (Wildman–Crippen MR) is 71.1 cm³/mol. The summed E-state index contributed by atoms with van der Waals surface area (Å²) in [7, 11) is 0. The van der Waals surface area contributed by atoms with E-state index in [9.17, 15) is 9.90 Å². The Bertz CT molecular complexity index is 408. The number of rotatable bonds is 4. The minimum atomic E-state index is -0.475. The number of aromatic amines is 1. The van der Waals surface area contributed by atoms with Crippen LogP contribution < -0.4 is 5.32 Å². The van der Waals surface area contributed by atoms with Crippen molar-refractivity contribution in [3.8, 4) is 0 Å². The molecule has 0 aromatic carbocycles. The summed E-state index contributed by atoms with van der Waals surface area (Å²) in [6.07, 6.45) is 3.93. The molecule has 3 N–H and O–H groups in total. The van der Waals surface area contributed by atoms with Gasteiger partial charge >= 0.3 is 0 Å². The van der Waals surface area contributed by atoms with Gasteiger partial charge in [-0.2, -0.15) is 0 Å². The molecule has 1 aliphatic rings. The highest BCUT2D eigenvalue weighted by Gasteiger charge is 2.23. The monoisotopic (exact) mass is 290 g/mol. The second kappa shape index (κ2) is 5.95. The Morgan fingerprint density at radius 1 is 1.50 bits per heavy atom. The van der Waals surface area contributed by atoms with E-state index in [1.165, 1.54) is 6.07 Å². The number of nitrogens with one attached hydrogen (secondary N) is 2. The van der Waals surface area contributed by atoms with E-state index in [0.29, 0.717) is 16.6 Å². The summed E-state index contributed by atoms with van der Waals surface area (Å²) in [6.45, 7) is 0.262. The third kappa shape index (κ3) is 3.19. The molecule has 4 nitrogen and oxygen atoms in total. The van der Waals surface area contributed by atoms with Gasteiger partial charge in [-0.3, -0.25) is 4.79 Å². The van der Waals surface area contributed by atoms with Crippen LogP contribution in [0.5, 0.6) is 0 Å². The van der Waals surface area contributed by atoms with Gasteiger partial charge in [0, 0.05) is 6.54 Å². The summed E-state index contributed by atoms with van der Waals surface area (Å²) >= 11 is 11.5. The molecule has 1 aromatic heterocycles. The van der Waals surface area contributed by atoms with E-state index in [0.717, 1.165) is 25.7 Å². The number of aliphatic hydroxyl groups excluding tert-OH is 1. The fourth-order valence-corrected chi connectivity index (χ4v) is 2.64. The standard InChI is InChI=1S/C12H16Cl2N2O2/c13-8-5-9(16-11(8)14)12(18)15-6-10(17)7-3-1-2-4-7/h5,7,10,16-17H,1-4,6H2,(H,15,18). The normalized spacial score (nSPS) is 17.9. The Balaban J connectivity index is 1.84. The van der Waals surface area contributed by atoms with Gasteiger partial charge in [0.2, 0.25) is 0 Å². The first-order valence-corrected chi connectivity index (χ1v) is 6.84. The van der Waals surface area contributed by atoms with Gasteiger partial charge in [0.1, 0.15) is 10.8 Å². The Morgan fingerprint density at radius 2 is 2.17 bits per heavy atom. The fraction of sp³-hybridized carbons (Fsp3) is 0.583. The quantitative estimate of drug-likeness (QED) is 0.798. The highest BCUT2D eigenvalue weighted by atomic mass is 35.5. The molecule has 1 aromatic rings. The summed E-state index contributed by atoms with van der Waals surface area (Å²) in [4.78, 5) is 14.4. The van der Waals surface area contributed by atoms with E-state index in [4.69, 9.17) is 23.2 Å². The minimum Gasteiger partial charge on any atom is -0.391 e. The van der Waals surface area contributed by atoms with Crippen molar-refractivity contribution in [2.24, 2.45) is 5.92 Å². The van der Waals surface area contributed by atoms with Crippen LogP contribution in [0.3, 0.4) is 0 Å². The van der Waals surface area contributed by atoms with Crippen molar-refractivity contribution in [3.63, 3.8) is 0 Å². The maximum absolute atomic E-state index is 11.8. The van der Waals surface area contributed by atoms with E-state index in [1.54, 1.807) is 0 Å². The van der Waals surface area contributed by atoms with Crippen LogP contribution >= 0.6 is 23.2 Å². The van der Waals surface area contributed by atoms with Crippen molar-refractivity contribution in [2.75, 3.05) is 6.54 Å². The number of carbonyl (C=O) groups is 1. The molecular weight excluding hydrogens is 275 g/mol. The lowest BCUT2D eigenvalue weighted by Crippen LogP contribution is -2.35. The summed E-state index contributed by atoms with van der Waals surface area (Å²) in [5.41, 5.74) is 0.309. The molecule has 0 radical (unpaired) electrons. The Morgan fingerprint density at radius 3 is 2.72 bits per heavy atom. The number of hydrogen-bond donors (Lipinski definition) is 3. The zero-order valence-electron chi connectivity index (χ0n) is 9.88. The fourth-order valence-electron chi connectivity index (χ4n) is 2.33. The van der Waals surface area contributed by atoms with Crippen molar-refractivity contribution in [1.82, 2.24) is 10.3 Å². The van der Waals surface area contributed by atoms with Crippen molar-refractivity contribution in [3.05, 3.63) is 21.9 Å². The van der Waals surface area contributed by atoms with Crippen molar-refractivity contribution in [2.45, 2.75) is 31.8 Å². The molecule has 1 saturated carbocycles. The molecule has 100 valence electrons. The molecule has 1 unspecified atom stereocenters. The van der Waals surface area contributed by atoms with Gasteiger partial charge in [0.15, 0.2) is 0 Å². The van der Waals surface area contributed by atoms with Crippen LogP contribution in [-0.4, -0.2) is 28.6 Å². The molecule has 18 heavy (non-hydrogen) atoms. The minimum absolute atomic E-state index is 0.248. The average Bonchev–Trinajstić information content (AvgIpc) is 2.97. The van der Waals surface area contributed by atoms with Gasteiger partial charge in [0.05, 0.1) is 11.1 Å². The van der Waals surface area contributed by atoms with Crippen LogP contribution in [0.25, 0.3) is 0 Å². The molecule has 1 heterocycles. The number of aromatic nitrogens is 1. The van der Waals surface area contributed by atoms with E-state index in [-0.39, 0.29) is 17.6 Å². The van der Waals surface area contributed by atoms with Crippen molar-refractivity contribution < 1.29 is 9.90 Å². The lowest BCUT2D eigenvalue weighted by Gasteiger charge is -2.17. The molecule has 0 bridgehead atoms. The summed E-state index contributed by atoms with van der Waals surface area (Å²) in [5, 5.41) is 13.2. The van der Waals surface area contributed by atoms with Crippen molar-refractivity contribution in [1.29, 1.82) is 0 Å². The molecular formula is C12H16Cl2N2O2. The van der Waals surface area contributed by atoms with Gasteiger partial charge in [0.25, 0.3) is 5.91 Å².